The van der Waals surface area contributed by atoms with Gasteiger partial charge in [0.05, 0.1) is 6.04 Å². The molecule has 1 atom stereocenters. The number of aromatic nitrogens is 1. The van der Waals surface area contributed by atoms with Gasteiger partial charge in [0.2, 0.25) is 0 Å². The summed E-state index contributed by atoms with van der Waals surface area (Å²) in [6.07, 6.45) is 3.37. The van der Waals surface area contributed by atoms with Gasteiger partial charge in [0.15, 0.2) is 0 Å². The number of carbonyl (C=O) groups excluding carboxylic acids is 2. The summed E-state index contributed by atoms with van der Waals surface area (Å²) in [4.78, 5) is 27.9. The van der Waals surface area contributed by atoms with Crippen LogP contribution in [0.3, 0.4) is 0 Å². The van der Waals surface area contributed by atoms with Crippen molar-refractivity contribution >= 4 is 17.6 Å². The van der Waals surface area contributed by atoms with Crippen LogP contribution in [-0.4, -0.2) is 23.0 Å². The smallest absolute Gasteiger partial charge is 0.319 e. The van der Waals surface area contributed by atoms with Crippen LogP contribution in [0, 0.1) is 0 Å². The SMILES string of the molecule is CC(C)NC(=O)c1ccc(NC(=O)NC(C)c2ccncc2)cc1. The van der Waals surface area contributed by atoms with E-state index < -0.39 is 0 Å². The Balaban J connectivity index is 1.91. The summed E-state index contributed by atoms with van der Waals surface area (Å²) in [5.41, 5.74) is 2.15. The fourth-order valence-corrected chi connectivity index (χ4v) is 2.15. The second kappa shape index (κ2) is 8.10. The maximum Gasteiger partial charge on any atom is 0.319 e. The minimum absolute atomic E-state index is 0.0794. The maximum atomic E-state index is 12.0. The van der Waals surface area contributed by atoms with E-state index in [0.717, 1.165) is 5.56 Å². The monoisotopic (exact) mass is 326 g/mol. The van der Waals surface area contributed by atoms with E-state index in [1.165, 1.54) is 0 Å². The zero-order valence-corrected chi connectivity index (χ0v) is 14.0. The van der Waals surface area contributed by atoms with Crippen molar-refractivity contribution in [3.63, 3.8) is 0 Å². The number of hydrogen-bond donors (Lipinski definition) is 3. The molecule has 0 saturated heterocycles. The highest BCUT2D eigenvalue weighted by Crippen LogP contribution is 2.12. The van der Waals surface area contributed by atoms with E-state index in [0.29, 0.717) is 11.3 Å². The Hall–Kier alpha value is -2.89. The van der Waals surface area contributed by atoms with Crippen molar-refractivity contribution in [2.75, 3.05) is 5.32 Å². The second-order valence-corrected chi connectivity index (χ2v) is 5.81. The zero-order chi connectivity index (χ0) is 17.5. The zero-order valence-electron chi connectivity index (χ0n) is 14.0. The minimum atomic E-state index is -0.307. The lowest BCUT2D eigenvalue weighted by Gasteiger charge is -2.15. The molecule has 24 heavy (non-hydrogen) atoms. The van der Waals surface area contributed by atoms with Gasteiger partial charge in [0, 0.05) is 29.7 Å². The summed E-state index contributed by atoms with van der Waals surface area (Å²) in [5.74, 6) is -0.132. The topological polar surface area (TPSA) is 83.1 Å². The standard InChI is InChI=1S/C18H22N4O2/c1-12(2)20-17(23)15-4-6-16(7-5-15)22-18(24)21-13(3)14-8-10-19-11-9-14/h4-13H,1-3H3,(H,20,23)(H2,21,22,24). The van der Waals surface area contributed by atoms with Crippen LogP contribution in [0.5, 0.6) is 0 Å². The van der Waals surface area contributed by atoms with Gasteiger partial charge in [-0.25, -0.2) is 4.79 Å². The van der Waals surface area contributed by atoms with Crippen LogP contribution in [0.1, 0.15) is 42.7 Å². The normalized spacial score (nSPS) is 11.7. The van der Waals surface area contributed by atoms with Crippen molar-refractivity contribution in [1.82, 2.24) is 15.6 Å². The third-order valence-electron chi connectivity index (χ3n) is 3.38. The molecule has 0 aliphatic heterocycles. The molecule has 0 fully saturated rings. The van der Waals surface area contributed by atoms with Gasteiger partial charge in [-0.2, -0.15) is 0 Å². The first-order chi connectivity index (χ1) is 11.5. The molecule has 6 nitrogen and oxygen atoms in total. The molecule has 3 N–H and O–H groups in total. The Labute approximate surface area is 141 Å². The van der Waals surface area contributed by atoms with E-state index in [9.17, 15) is 9.59 Å². The van der Waals surface area contributed by atoms with Crippen molar-refractivity contribution < 1.29 is 9.59 Å². The second-order valence-electron chi connectivity index (χ2n) is 5.81. The molecule has 0 radical (unpaired) electrons. The summed E-state index contributed by atoms with van der Waals surface area (Å²) in [7, 11) is 0. The number of nitrogens with one attached hydrogen (secondary N) is 3. The Morgan fingerprint density at radius 2 is 1.54 bits per heavy atom. The number of pyridine rings is 1. The molecule has 1 unspecified atom stereocenters. The van der Waals surface area contributed by atoms with Gasteiger partial charge in [-0.15, -0.1) is 0 Å². The summed E-state index contributed by atoms with van der Waals surface area (Å²) in [6.45, 7) is 5.71. The van der Waals surface area contributed by atoms with E-state index in [-0.39, 0.29) is 24.0 Å². The average Bonchev–Trinajstić information content (AvgIpc) is 2.55. The largest absolute Gasteiger partial charge is 0.350 e. The molecular formula is C18H22N4O2. The molecule has 0 spiro atoms. The van der Waals surface area contributed by atoms with Crippen LogP contribution in [-0.2, 0) is 0 Å². The molecule has 0 saturated carbocycles. The molecule has 6 heteroatoms. The Kier molecular flexibility index (Phi) is 5.89. The first-order valence-electron chi connectivity index (χ1n) is 7.84. The maximum absolute atomic E-state index is 12.0. The van der Waals surface area contributed by atoms with E-state index in [1.54, 1.807) is 36.7 Å². The van der Waals surface area contributed by atoms with Gasteiger partial charge in [-0.1, -0.05) is 0 Å². The molecular weight excluding hydrogens is 304 g/mol. The number of amides is 3. The van der Waals surface area contributed by atoms with E-state index in [2.05, 4.69) is 20.9 Å². The van der Waals surface area contributed by atoms with Crippen LogP contribution in [0.15, 0.2) is 48.8 Å². The Morgan fingerprint density at radius 3 is 2.12 bits per heavy atom. The lowest BCUT2D eigenvalue weighted by molar-refractivity contribution is 0.0943. The van der Waals surface area contributed by atoms with Crippen molar-refractivity contribution in [3.05, 3.63) is 59.9 Å². The summed E-state index contributed by atoms with van der Waals surface area (Å²) < 4.78 is 0. The van der Waals surface area contributed by atoms with Gasteiger partial charge in [0.1, 0.15) is 0 Å². The van der Waals surface area contributed by atoms with Gasteiger partial charge in [-0.05, 0) is 62.7 Å². The van der Waals surface area contributed by atoms with E-state index >= 15 is 0 Å². The molecule has 0 aliphatic rings. The predicted molar refractivity (Wildman–Crippen MR) is 93.9 cm³/mol. The lowest BCUT2D eigenvalue weighted by Crippen LogP contribution is -2.31. The number of carbonyl (C=O) groups is 2. The molecule has 126 valence electrons. The van der Waals surface area contributed by atoms with Crippen LogP contribution < -0.4 is 16.0 Å². The molecule has 2 aromatic rings. The average molecular weight is 326 g/mol. The summed E-state index contributed by atoms with van der Waals surface area (Å²) in [5, 5.41) is 8.42. The van der Waals surface area contributed by atoms with Crippen molar-refractivity contribution in [3.8, 4) is 0 Å². The van der Waals surface area contributed by atoms with Crippen LogP contribution in [0.4, 0.5) is 10.5 Å². The van der Waals surface area contributed by atoms with Crippen LogP contribution >= 0.6 is 0 Å². The first kappa shape index (κ1) is 17.5. The fourth-order valence-electron chi connectivity index (χ4n) is 2.15. The van der Waals surface area contributed by atoms with Crippen molar-refractivity contribution in [2.45, 2.75) is 32.9 Å². The number of rotatable bonds is 5. The Morgan fingerprint density at radius 1 is 0.917 bits per heavy atom. The molecule has 1 aromatic heterocycles. The number of hydrogen-bond acceptors (Lipinski definition) is 3. The van der Waals surface area contributed by atoms with Crippen LogP contribution in [0.2, 0.25) is 0 Å². The molecule has 3 amide bonds. The third kappa shape index (κ3) is 5.08. The molecule has 1 heterocycles. The molecule has 2 rings (SSSR count). The summed E-state index contributed by atoms with van der Waals surface area (Å²) in [6, 6.07) is 10.1. The van der Waals surface area contributed by atoms with Gasteiger partial charge in [-0.3, -0.25) is 9.78 Å². The van der Waals surface area contributed by atoms with Gasteiger partial charge >= 0.3 is 6.03 Å². The van der Waals surface area contributed by atoms with Crippen molar-refractivity contribution in [1.29, 1.82) is 0 Å². The number of benzene rings is 1. The highest BCUT2D eigenvalue weighted by Gasteiger charge is 2.10. The van der Waals surface area contributed by atoms with Gasteiger partial charge < -0.3 is 16.0 Å². The quantitative estimate of drug-likeness (QED) is 0.789. The highest BCUT2D eigenvalue weighted by atomic mass is 16.2. The molecule has 1 aromatic carbocycles. The van der Waals surface area contributed by atoms with Crippen LogP contribution in [0.25, 0.3) is 0 Å². The highest BCUT2D eigenvalue weighted by molar-refractivity contribution is 5.95. The van der Waals surface area contributed by atoms with E-state index in [4.69, 9.17) is 0 Å². The number of nitrogens with zero attached hydrogens (tertiary/aromatic N) is 1. The number of anilines is 1. The fraction of sp³-hybridized carbons (Fsp3) is 0.278. The summed E-state index contributed by atoms with van der Waals surface area (Å²) >= 11 is 0. The lowest BCUT2D eigenvalue weighted by atomic mass is 10.1. The number of urea groups is 1. The Bertz CT molecular complexity index is 684. The minimum Gasteiger partial charge on any atom is -0.350 e. The van der Waals surface area contributed by atoms with Crippen molar-refractivity contribution in [2.24, 2.45) is 0 Å². The third-order valence-corrected chi connectivity index (χ3v) is 3.38. The predicted octanol–water partition coefficient (Wildman–Crippen LogP) is 3.10. The molecule has 0 bridgehead atoms. The molecule has 0 aliphatic carbocycles. The van der Waals surface area contributed by atoms with E-state index in [1.807, 2.05) is 32.9 Å². The first-order valence-corrected chi connectivity index (χ1v) is 7.84. The van der Waals surface area contributed by atoms with Gasteiger partial charge in [0.25, 0.3) is 5.91 Å².